The molecule has 0 bridgehead atoms. The lowest BCUT2D eigenvalue weighted by Gasteiger charge is -2.26. The van der Waals surface area contributed by atoms with Gasteiger partial charge in [0.1, 0.15) is 0 Å². The second kappa shape index (κ2) is 12.0. The second-order valence-electron chi connectivity index (χ2n) is 12.2. The molecule has 8 aromatic carbocycles. The number of hydrogen-bond acceptors (Lipinski definition) is 2. The Kier molecular flexibility index (Phi) is 7.07. The highest BCUT2D eigenvalue weighted by Crippen LogP contribution is 2.39. The zero-order chi connectivity index (χ0) is 31.9. The fraction of sp³-hybridized carbons (Fsp3) is 0. The highest BCUT2D eigenvalue weighted by atomic mass is 32.1. The van der Waals surface area contributed by atoms with Crippen molar-refractivity contribution in [3.8, 4) is 33.4 Å². The van der Waals surface area contributed by atoms with Crippen LogP contribution in [0.4, 0.5) is 17.1 Å². The van der Waals surface area contributed by atoms with Gasteiger partial charge in [-0.25, -0.2) is 0 Å². The van der Waals surface area contributed by atoms with Gasteiger partial charge in [0.2, 0.25) is 0 Å². The summed E-state index contributed by atoms with van der Waals surface area (Å²) in [5, 5.41) is 5.22. The van der Waals surface area contributed by atoms with Crippen LogP contribution in [-0.2, 0) is 0 Å². The maximum Gasteiger partial charge on any atom is 0.0462 e. The van der Waals surface area contributed by atoms with E-state index in [0.29, 0.717) is 0 Å². The summed E-state index contributed by atoms with van der Waals surface area (Å²) >= 11 is 1.87. The fourth-order valence-electron chi connectivity index (χ4n) is 6.79. The highest BCUT2D eigenvalue weighted by Gasteiger charge is 2.14. The summed E-state index contributed by atoms with van der Waals surface area (Å²) in [6, 6.07) is 68.1. The van der Waals surface area contributed by atoms with Crippen molar-refractivity contribution in [3.63, 3.8) is 0 Å². The van der Waals surface area contributed by atoms with E-state index in [1.807, 2.05) is 11.3 Å². The SMILES string of the molecule is c1ccc(-c2cccc(-c3ccc(N(c4ccccc4)c4ccc(-c5ccc6cc7sc8ccccc8c7cc6c5)cc4)cc3)c2)cc1. The summed E-state index contributed by atoms with van der Waals surface area (Å²) in [5.41, 5.74) is 10.7. The summed E-state index contributed by atoms with van der Waals surface area (Å²) in [5.74, 6) is 0. The quantitative estimate of drug-likeness (QED) is 0.177. The van der Waals surface area contributed by atoms with Crippen molar-refractivity contribution < 1.29 is 0 Å². The normalized spacial score (nSPS) is 11.3. The summed E-state index contributed by atoms with van der Waals surface area (Å²) in [4.78, 5) is 2.33. The van der Waals surface area contributed by atoms with Crippen molar-refractivity contribution in [2.24, 2.45) is 0 Å². The fourth-order valence-corrected chi connectivity index (χ4v) is 7.92. The minimum Gasteiger partial charge on any atom is -0.311 e. The van der Waals surface area contributed by atoms with Gasteiger partial charge in [0.25, 0.3) is 0 Å². The summed E-state index contributed by atoms with van der Waals surface area (Å²) in [7, 11) is 0. The third-order valence-electron chi connectivity index (χ3n) is 9.24. The van der Waals surface area contributed by atoms with E-state index in [9.17, 15) is 0 Å². The average Bonchev–Trinajstić information content (AvgIpc) is 3.52. The molecule has 0 atom stereocenters. The predicted molar refractivity (Wildman–Crippen MR) is 208 cm³/mol. The van der Waals surface area contributed by atoms with Gasteiger partial charge in [0, 0.05) is 37.2 Å². The molecule has 0 radical (unpaired) electrons. The van der Waals surface area contributed by atoms with E-state index in [2.05, 4.69) is 193 Å². The predicted octanol–water partition coefficient (Wildman–Crippen LogP) is 13.7. The van der Waals surface area contributed by atoms with Gasteiger partial charge in [-0.15, -0.1) is 11.3 Å². The molecule has 1 heterocycles. The van der Waals surface area contributed by atoms with Gasteiger partial charge >= 0.3 is 0 Å². The maximum atomic E-state index is 2.36. The van der Waals surface area contributed by atoms with E-state index >= 15 is 0 Å². The van der Waals surface area contributed by atoms with E-state index in [-0.39, 0.29) is 0 Å². The monoisotopic (exact) mass is 629 g/mol. The maximum absolute atomic E-state index is 2.36. The van der Waals surface area contributed by atoms with Gasteiger partial charge in [0.15, 0.2) is 0 Å². The number of fused-ring (bicyclic) bond motifs is 4. The number of benzene rings is 8. The topological polar surface area (TPSA) is 3.24 Å². The Morgan fingerprint density at radius 3 is 1.50 bits per heavy atom. The zero-order valence-corrected chi connectivity index (χ0v) is 27.1. The van der Waals surface area contributed by atoms with E-state index in [1.165, 1.54) is 64.3 Å². The first-order chi connectivity index (χ1) is 23.8. The van der Waals surface area contributed by atoms with Gasteiger partial charge in [-0.3, -0.25) is 0 Å². The number of rotatable bonds is 6. The van der Waals surface area contributed by atoms with Gasteiger partial charge in [-0.2, -0.15) is 0 Å². The third kappa shape index (κ3) is 5.23. The van der Waals surface area contributed by atoms with Gasteiger partial charge in [-0.1, -0.05) is 121 Å². The molecule has 0 spiro atoms. The highest BCUT2D eigenvalue weighted by molar-refractivity contribution is 7.25. The molecule has 0 saturated heterocycles. The first-order valence-electron chi connectivity index (χ1n) is 16.3. The van der Waals surface area contributed by atoms with Crippen molar-refractivity contribution in [3.05, 3.63) is 188 Å². The Balaban J connectivity index is 1.05. The molecule has 0 fully saturated rings. The van der Waals surface area contributed by atoms with E-state index in [0.717, 1.165) is 17.1 Å². The second-order valence-corrected chi connectivity index (χ2v) is 13.3. The Bertz CT molecular complexity index is 2530. The molecule has 48 heavy (non-hydrogen) atoms. The molecule has 0 amide bonds. The average molecular weight is 630 g/mol. The van der Waals surface area contributed by atoms with Crippen molar-refractivity contribution in [2.75, 3.05) is 4.90 Å². The lowest BCUT2D eigenvalue weighted by atomic mass is 9.98. The Labute approximate surface area is 284 Å². The Hall–Kier alpha value is -5.96. The molecular formula is C46H31NS. The van der Waals surface area contributed by atoms with Gasteiger partial charge in [0.05, 0.1) is 0 Å². The Morgan fingerprint density at radius 2 is 0.812 bits per heavy atom. The van der Waals surface area contributed by atoms with Crippen LogP contribution < -0.4 is 4.90 Å². The molecule has 2 heteroatoms. The first kappa shape index (κ1) is 28.3. The summed E-state index contributed by atoms with van der Waals surface area (Å²) in [6.07, 6.45) is 0. The number of anilines is 3. The minimum absolute atomic E-state index is 1.12. The van der Waals surface area contributed by atoms with Crippen LogP contribution >= 0.6 is 11.3 Å². The van der Waals surface area contributed by atoms with Crippen molar-refractivity contribution in [1.82, 2.24) is 0 Å². The number of thiophene rings is 1. The Morgan fingerprint density at radius 1 is 0.292 bits per heavy atom. The zero-order valence-electron chi connectivity index (χ0n) is 26.3. The van der Waals surface area contributed by atoms with E-state index in [1.54, 1.807) is 0 Å². The molecule has 1 aromatic heterocycles. The van der Waals surface area contributed by atoms with Crippen molar-refractivity contribution in [1.29, 1.82) is 0 Å². The lowest BCUT2D eigenvalue weighted by Crippen LogP contribution is -2.09. The molecule has 0 saturated carbocycles. The number of para-hydroxylation sites is 1. The summed E-state index contributed by atoms with van der Waals surface area (Å²) in [6.45, 7) is 0. The van der Waals surface area contributed by atoms with Crippen LogP contribution in [0, 0.1) is 0 Å². The van der Waals surface area contributed by atoms with Crippen LogP contribution in [0.25, 0.3) is 64.3 Å². The molecule has 0 aliphatic rings. The molecule has 0 N–H and O–H groups in total. The molecule has 9 rings (SSSR count). The molecular weight excluding hydrogens is 599 g/mol. The van der Waals surface area contributed by atoms with Gasteiger partial charge in [-0.05, 0) is 111 Å². The van der Waals surface area contributed by atoms with Crippen LogP contribution in [-0.4, -0.2) is 0 Å². The molecule has 0 aliphatic carbocycles. The largest absolute Gasteiger partial charge is 0.311 e. The standard InChI is InChI=1S/C46H31NS/c1-3-10-32(11-4-1)35-12-9-13-36(28-35)33-20-24-41(25-21-33)47(40-14-5-2-6-15-40)42-26-22-34(23-27-42)37-18-19-38-31-46-44(30-39(38)29-37)43-16-7-8-17-45(43)48-46/h1-31H. The molecule has 0 aliphatic heterocycles. The molecule has 9 aromatic rings. The first-order valence-corrected chi connectivity index (χ1v) is 17.2. The van der Waals surface area contributed by atoms with Crippen molar-refractivity contribution >= 4 is 59.3 Å². The molecule has 226 valence electrons. The summed E-state index contributed by atoms with van der Waals surface area (Å²) < 4.78 is 2.68. The number of nitrogens with zero attached hydrogens (tertiary/aromatic N) is 1. The van der Waals surface area contributed by atoms with Crippen LogP contribution in [0.3, 0.4) is 0 Å². The van der Waals surface area contributed by atoms with Crippen molar-refractivity contribution in [2.45, 2.75) is 0 Å². The smallest absolute Gasteiger partial charge is 0.0462 e. The lowest BCUT2D eigenvalue weighted by molar-refractivity contribution is 1.28. The molecule has 1 nitrogen and oxygen atoms in total. The molecule has 0 unspecified atom stereocenters. The van der Waals surface area contributed by atoms with E-state index < -0.39 is 0 Å². The minimum atomic E-state index is 1.12. The van der Waals surface area contributed by atoms with Crippen LogP contribution in [0.5, 0.6) is 0 Å². The van der Waals surface area contributed by atoms with Crippen LogP contribution in [0.2, 0.25) is 0 Å². The number of hydrogen-bond donors (Lipinski definition) is 0. The van der Waals surface area contributed by atoms with Crippen LogP contribution in [0.15, 0.2) is 188 Å². The third-order valence-corrected chi connectivity index (χ3v) is 10.4. The van der Waals surface area contributed by atoms with Gasteiger partial charge < -0.3 is 4.90 Å². The van der Waals surface area contributed by atoms with E-state index in [4.69, 9.17) is 0 Å². The van der Waals surface area contributed by atoms with Crippen LogP contribution in [0.1, 0.15) is 0 Å².